The zero-order chi connectivity index (χ0) is 15.5. The Balaban J connectivity index is 1.89. The van der Waals surface area contributed by atoms with Crippen LogP contribution in [0.1, 0.15) is 16.8 Å². The van der Waals surface area contributed by atoms with Gasteiger partial charge < -0.3 is 15.2 Å². The number of carbonyl (C=O) groups is 2. The lowest BCUT2D eigenvalue weighted by molar-refractivity contribution is -0.123. The fourth-order valence-corrected chi connectivity index (χ4v) is 3.76. The van der Waals surface area contributed by atoms with Crippen LogP contribution >= 0.6 is 0 Å². The molecule has 1 aliphatic heterocycles. The van der Waals surface area contributed by atoms with E-state index in [0.717, 1.165) is 0 Å². The number of rotatable bonds is 5. The largest absolute Gasteiger partial charge is 0.483 e. The number of ether oxygens (including phenoxy) is 1. The second kappa shape index (κ2) is 6.13. The van der Waals surface area contributed by atoms with Crippen molar-refractivity contribution in [2.45, 2.75) is 12.5 Å². The molecule has 1 atom stereocenters. The minimum atomic E-state index is -3.06. The Morgan fingerprint density at radius 1 is 1.33 bits per heavy atom. The summed E-state index contributed by atoms with van der Waals surface area (Å²) < 4.78 is 27.7. The number of hydrogen-bond donors (Lipinski definition) is 2. The summed E-state index contributed by atoms with van der Waals surface area (Å²) in [4.78, 5) is 22.7. The molecule has 0 saturated carbocycles. The lowest BCUT2D eigenvalue weighted by Crippen LogP contribution is -2.38. The second-order valence-electron chi connectivity index (χ2n) is 4.76. The number of nitrogens with one attached hydrogen (secondary N) is 1. The van der Waals surface area contributed by atoms with Crippen molar-refractivity contribution in [3.05, 3.63) is 29.8 Å². The average Bonchev–Trinajstić information content (AvgIpc) is 2.75. The molecule has 1 aromatic rings. The van der Waals surface area contributed by atoms with Crippen molar-refractivity contribution in [1.82, 2.24) is 5.32 Å². The molecule has 0 aromatic heterocycles. The van der Waals surface area contributed by atoms with Crippen molar-refractivity contribution in [1.29, 1.82) is 0 Å². The Bertz CT molecular complexity index is 654. The van der Waals surface area contributed by atoms with Crippen LogP contribution in [-0.2, 0) is 14.6 Å². The first-order valence-electron chi connectivity index (χ1n) is 6.32. The lowest BCUT2D eigenvalue weighted by atomic mass is 10.2. The molecule has 1 saturated heterocycles. The Labute approximate surface area is 121 Å². The first-order valence-corrected chi connectivity index (χ1v) is 8.14. The number of benzene rings is 1. The Morgan fingerprint density at radius 2 is 2.05 bits per heavy atom. The molecule has 8 heteroatoms. The number of amides is 1. The maximum atomic E-state index is 11.7. The number of carboxylic acid groups (broad SMARTS) is 1. The van der Waals surface area contributed by atoms with Crippen LogP contribution in [0, 0.1) is 0 Å². The molecule has 1 aliphatic rings. The summed E-state index contributed by atoms with van der Waals surface area (Å²) in [6, 6.07) is 5.58. The van der Waals surface area contributed by atoms with Gasteiger partial charge in [0, 0.05) is 6.04 Å². The van der Waals surface area contributed by atoms with Gasteiger partial charge in [0.05, 0.1) is 11.5 Å². The van der Waals surface area contributed by atoms with E-state index in [0.29, 0.717) is 6.42 Å². The van der Waals surface area contributed by atoms with Crippen LogP contribution < -0.4 is 10.1 Å². The highest BCUT2D eigenvalue weighted by Crippen LogP contribution is 2.17. The zero-order valence-corrected chi connectivity index (χ0v) is 11.9. The van der Waals surface area contributed by atoms with Gasteiger partial charge in [-0.25, -0.2) is 13.2 Å². The fourth-order valence-electron chi connectivity index (χ4n) is 2.09. The van der Waals surface area contributed by atoms with Crippen molar-refractivity contribution in [3.63, 3.8) is 0 Å². The summed E-state index contributed by atoms with van der Waals surface area (Å²) in [6.07, 6.45) is 0.389. The highest BCUT2D eigenvalue weighted by Gasteiger charge is 2.28. The quantitative estimate of drug-likeness (QED) is 0.796. The number of aromatic carboxylic acids is 1. The molecule has 1 amide bonds. The van der Waals surface area contributed by atoms with Crippen LogP contribution in [-0.4, -0.2) is 49.6 Å². The van der Waals surface area contributed by atoms with Gasteiger partial charge in [0.2, 0.25) is 0 Å². The number of para-hydroxylation sites is 1. The van der Waals surface area contributed by atoms with Crippen molar-refractivity contribution < 1.29 is 27.9 Å². The van der Waals surface area contributed by atoms with Crippen LogP contribution in [0.3, 0.4) is 0 Å². The Hall–Kier alpha value is -2.09. The summed E-state index contributed by atoms with van der Waals surface area (Å²) >= 11 is 0. The van der Waals surface area contributed by atoms with Crippen LogP contribution in [0.2, 0.25) is 0 Å². The molecule has 0 aliphatic carbocycles. The zero-order valence-electron chi connectivity index (χ0n) is 11.1. The summed E-state index contributed by atoms with van der Waals surface area (Å²) in [5.74, 6) is -1.52. The topological polar surface area (TPSA) is 110 Å². The molecule has 1 fully saturated rings. The Kier molecular flexibility index (Phi) is 4.46. The Morgan fingerprint density at radius 3 is 2.67 bits per heavy atom. The lowest BCUT2D eigenvalue weighted by Gasteiger charge is -2.12. The number of carbonyl (C=O) groups excluding carboxylic acids is 1. The SMILES string of the molecule is O=C(COc1ccccc1C(=O)O)NC1CCS(=O)(=O)C1. The number of sulfone groups is 1. The molecular formula is C13H15NO6S. The standard InChI is InChI=1S/C13H15NO6S/c15-12(14-9-5-6-21(18,19)8-9)7-20-11-4-2-1-3-10(11)13(16)17/h1-4,9H,5-8H2,(H,14,15)(H,16,17). The van der Waals surface area contributed by atoms with Crippen LogP contribution in [0.5, 0.6) is 5.75 Å². The van der Waals surface area contributed by atoms with E-state index in [1.165, 1.54) is 12.1 Å². The highest BCUT2D eigenvalue weighted by molar-refractivity contribution is 7.91. The van der Waals surface area contributed by atoms with E-state index >= 15 is 0 Å². The van der Waals surface area contributed by atoms with Crippen molar-refractivity contribution >= 4 is 21.7 Å². The molecule has 2 rings (SSSR count). The highest BCUT2D eigenvalue weighted by atomic mass is 32.2. The summed E-state index contributed by atoms with van der Waals surface area (Å²) in [5, 5.41) is 11.5. The van der Waals surface area contributed by atoms with Gasteiger partial charge in [0.1, 0.15) is 11.3 Å². The van der Waals surface area contributed by atoms with E-state index in [1.54, 1.807) is 12.1 Å². The summed E-state index contributed by atoms with van der Waals surface area (Å²) in [5.41, 5.74) is -0.0336. The first-order chi connectivity index (χ1) is 9.87. The van der Waals surface area contributed by atoms with Gasteiger partial charge in [-0.05, 0) is 18.6 Å². The normalized spacial score (nSPS) is 19.9. The monoisotopic (exact) mass is 313 g/mol. The average molecular weight is 313 g/mol. The van der Waals surface area contributed by atoms with E-state index in [1.807, 2.05) is 0 Å². The van der Waals surface area contributed by atoms with Gasteiger partial charge in [0.25, 0.3) is 5.91 Å². The van der Waals surface area contributed by atoms with E-state index in [9.17, 15) is 18.0 Å². The minimum Gasteiger partial charge on any atom is -0.483 e. The van der Waals surface area contributed by atoms with Gasteiger partial charge in [0.15, 0.2) is 16.4 Å². The van der Waals surface area contributed by atoms with Gasteiger partial charge >= 0.3 is 5.97 Å². The third-order valence-corrected chi connectivity index (χ3v) is 4.84. The van der Waals surface area contributed by atoms with Gasteiger partial charge in [-0.3, -0.25) is 4.79 Å². The molecule has 114 valence electrons. The van der Waals surface area contributed by atoms with E-state index < -0.39 is 27.8 Å². The van der Waals surface area contributed by atoms with E-state index in [4.69, 9.17) is 9.84 Å². The number of carboxylic acids is 1. The van der Waals surface area contributed by atoms with E-state index in [-0.39, 0.29) is 29.4 Å². The van der Waals surface area contributed by atoms with Crippen molar-refractivity contribution in [2.75, 3.05) is 18.1 Å². The van der Waals surface area contributed by atoms with Gasteiger partial charge in [-0.2, -0.15) is 0 Å². The van der Waals surface area contributed by atoms with Crippen LogP contribution in [0.15, 0.2) is 24.3 Å². The molecule has 2 N–H and O–H groups in total. The molecule has 21 heavy (non-hydrogen) atoms. The van der Waals surface area contributed by atoms with E-state index in [2.05, 4.69) is 5.32 Å². The van der Waals surface area contributed by atoms with Crippen molar-refractivity contribution in [2.24, 2.45) is 0 Å². The van der Waals surface area contributed by atoms with Gasteiger partial charge in [-0.1, -0.05) is 12.1 Å². The van der Waals surface area contributed by atoms with Gasteiger partial charge in [-0.15, -0.1) is 0 Å². The fraction of sp³-hybridized carbons (Fsp3) is 0.385. The predicted octanol–water partition coefficient (Wildman–Crippen LogP) is 0.0669. The maximum absolute atomic E-state index is 11.7. The smallest absolute Gasteiger partial charge is 0.339 e. The minimum absolute atomic E-state index is 0.0336. The predicted molar refractivity (Wildman–Crippen MR) is 74.1 cm³/mol. The molecular weight excluding hydrogens is 298 g/mol. The molecule has 0 bridgehead atoms. The summed E-state index contributed by atoms with van der Waals surface area (Å²) in [6.45, 7) is -0.360. The molecule has 0 radical (unpaired) electrons. The van der Waals surface area contributed by atoms with Crippen LogP contribution in [0.4, 0.5) is 0 Å². The third-order valence-electron chi connectivity index (χ3n) is 3.07. The molecule has 1 unspecified atom stereocenters. The van der Waals surface area contributed by atoms with Crippen LogP contribution in [0.25, 0.3) is 0 Å². The molecule has 1 aromatic carbocycles. The number of hydrogen-bond acceptors (Lipinski definition) is 5. The third kappa shape index (κ3) is 4.19. The second-order valence-corrected chi connectivity index (χ2v) is 6.99. The first kappa shape index (κ1) is 15.3. The van der Waals surface area contributed by atoms with Crippen molar-refractivity contribution in [3.8, 4) is 5.75 Å². The maximum Gasteiger partial charge on any atom is 0.339 e. The molecule has 7 nitrogen and oxygen atoms in total. The molecule has 0 spiro atoms. The summed E-state index contributed by atoms with van der Waals surface area (Å²) in [7, 11) is -3.06. The molecule has 1 heterocycles.